The number of rotatable bonds is 4. The van der Waals surface area contributed by atoms with Crippen molar-refractivity contribution in [1.82, 2.24) is 4.90 Å². The molecule has 1 aliphatic carbocycles. The van der Waals surface area contributed by atoms with E-state index in [0.29, 0.717) is 6.54 Å². The Hall–Kier alpha value is -1.62. The van der Waals surface area contributed by atoms with Crippen molar-refractivity contribution in [2.45, 2.75) is 45.1 Å². The zero-order valence-corrected chi connectivity index (χ0v) is 12.8. The molecule has 114 valence electrons. The molecule has 0 radical (unpaired) electrons. The summed E-state index contributed by atoms with van der Waals surface area (Å²) in [6, 6.07) is 4.40. The highest BCUT2D eigenvalue weighted by molar-refractivity contribution is 6.31. The molecule has 1 aliphatic rings. The van der Waals surface area contributed by atoms with Crippen LogP contribution < -0.4 is 0 Å². The third kappa shape index (κ3) is 3.53. The van der Waals surface area contributed by atoms with Gasteiger partial charge in [0.05, 0.1) is 4.92 Å². The van der Waals surface area contributed by atoms with E-state index in [0.717, 1.165) is 25.7 Å². The van der Waals surface area contributed by atoms with Gasteiger partial charge in [0.15, 0.2) is 0 Å². The smallest absolute Gasteiger partial charge is 0.283 e. The van der Waals surface area contributed by atoms with Gasteiger partial charge in [-0.25, -0.2) is 0 Å². The maximum Gasteiger partial charge on any atom is 0.283 e. The van der Waals surface area contributed by atoms with E-state index in [4.69, 9.17) is 11.6 Å². The van der Waals surface area contributed by atoms with Crippen molar-refractivity contribution in [3.05, 3.63) is 38.9 Å². The third-order valence-corrected chi connectivity index (χ3v) is 4.24. The van der Waals surface area contributed by atoms with Gasteiger partial charge in [-0.1, -0.05) is 30.9 Å². The van der Waals surface area contributed by atoms with Crippen LogP contribution in [0.3, 0.4) is 0 Å². The number of halogens is 1. The van der Waals surface area contributed by atoms with Crippen LogP contribution in [0.4, 0.5) is 5.69 Å². The maximum absolute atomic E-state index is 12.7. The lowest BCUT2D eigenvalue weighted by molar-refractivity contribution is -0.385. The standard InChI is InChI=1S/C15H19ClN2O3/c1-2-17(12-6-4-3-5-7-12)15(19)13-9-8-11(16)10-14(13)18(20)21/h8-10,12H,2-7H2,1H3. The minimum Gasteiger partial charge on any atom is -0.336 e. The van der Waals surface area contributed by atoms with Gasteiger partial charge in [0.2, 0.25) is 0 Å². The number of benzene rings is 1. The Bertz CT molecular complexity index is 542. The average Bonchev–Trinajstić information content (AvgIpc) is 2.48. The second-order valence-corrected chi connectivity index (χ2v) is 5.74. The van der Waals surface area contributed by atoms with Crippen molar-refractivity contribution in [3.63, 3.8) is 0 Å². The van der Waals surface area contributed by atoms with Crippen molar-refractivity contribution >= 4 is 23.2 Å². The number of hydrogen-bond acceptors (Lipinski definition) is 3. The summed E-state index contributed by atoms with van der Waals surface area (Å²) in [5, 5.41) is 11.4. The molecular formula is C15H19ClN2O3. The van der Waals surface area contributed by atoms with Crippen LogP contribution in [0.25, 0.3) is 0 Å². The van der Waals surface area contributed by atoms with Gasteiger partial charge in [0.1, 0.15) is 5.56 Å². The average molecular weight is 311 g/mol. The molecule has 0 aromatic heterocycles. The van der Waals surface area contributed by atoms with Crippen LogP contribution in [0.1, 0.15) is 49.4 Å². The van der Waals surface area contributed by atoms with E-state index < -0.39 is 4.92 Å². The SMILES string of the molecule is CCN(C(=O)c1ccc(Cl)cc1[N+](=O)[O-])C1CCCCC1. The highest BCUT2D eigenvalue weighted by atomic mass is 35.5. The van der Waals surface area contributed by atoms with E-state index in [1.807, 2.05) is 6.92 Å². The Morgan fingerprint density at radius 3 is 2.62 bits per heavy atom. The highest BCUT2D eigenvalue weighted by Crippen LogP contribution is 2.28. The Morgan fingerprint density at radius 2 is 2.05 bits per heavy atom. The number of carbonyl (C=O) groups excluding carboxylic acids is 1. The first-order chi connectivity index (χ1) is 10.0. The molecule has 0 atom stereocenters. The number of carbonyl (C=O) groups is 1. The normalized spacial score (nSPS) is 15.7. The summed E-state index contributed by atoms with van der Waals surface area (Å²) in [6.07, 6.45) is 5.36. The minimum atomic E-state index is -0.548. The predicted octanol–water partition coefficient (Wildman–Crippen LogP) is 4.04. The second-order valence-electron chi connectivity index (χ2n) is 5.30. The lowest BCUT2D eigenvalue weighted by Crippen LogP contribution is -2.41. The van der Waals surface area contributed by atoms with E-state index in [2.05, 4.69) is 0 Å². The summed E-state index contributed by atoms with van der Waals surface area (Å²) >= 11 is 5.80. The van der Waals surface area contributed by atoms with Crippen LogP contribution in [0.2, 0.25) is 5.02 Å². The maximum atomic E-state index is 12.7. The number of nitro benzene ring substituents is 1. The number of hydrogen-bond donors (Lipinski definition) is 0. The van der Waals surface area contributed by atoms with E-state index in [-0.39, 0.29) is 28.2 Å². The zero-order valence-electron chi connectivity index (χ0n) is 12.0. The fourth-order valence-corrected chi connectivity index (χ4v) is 3.12. The largest absolute Gasteiger partial charge is 0.336 e. The van der Waals surface area contributed by atoms with E-state index >= 15 is 0 Å². The molecule has 0 heterocycles. The van der Waals surface area contributed by atoms with E-state index in [1.54, 1.807) is 4.90 Å². The topological polar surface area (TPSA) is 63.5 Å². The van der Waals surface area contributed by atoms with Gasteiger partial charge >= 0.3 is 0 Å². The van der Waals surface area contributed by atoms with Crippen LogP contribution >= 0.6 is 11.6 Å². The quantitative estimate of drug-likeness (QED) is 0.622. The molecule has 0 unspecified atom stereocenters. The lowest BCUT2D eigenvalue weighted by Gasteiger charge is -2.33. The summed E-state index contributed by atoms with van der Waals surface area (Å²) in [5.74, 6) is -0.271. The van der Waals surface area contributed by atoms with Crippen molar-refractivity contribution in [2.24, 2.45) is 0 Å². The molecule has 1 aromatic rings. The summed E-state index contributed by atoms with van der Waals surface area (Å²) in [5.41, 5.74) is -0.0985. The molecule has 1 amide bonds. The van der Waals surface area contributed by atoms with Gasteiger partial charge in [-0.3, -0.25) is 14.9 Å². The molecule has 0 aliphatic heterocycles. The molecule has 0 spiro atoms. The predicted molar refractivity (Wildman–Crippen MR) is 81.7 cm³/mol. The molecule has 1 saturated carbocycles. The molecule has 0 saturated heterocycles. The number of nitrogens with zero attached hydrogens (tertiary/aromatic N) is 2. The lowest BCUT2D eigenvalue weighted by atomic mass is 9.93. The third-order valence-electron chi connectivity index (χ3n) is 4.00. The molecule has 5 nitrogen and oxygen atoms in total. The van der Waals surface area contributed by atoms with Crippen LogP contribution in [0.5, 0.6) is 0 Å². The van der Waals surface area contributed by atoms with E-state index in [9.17, 15) is 14.9 Å². The van der Waals surface area contributed by atoms with Gasteiger partial charge in [-0.15, -0.1) is 0 Å². The molecule has 1 aromatic carbocycles. The minimum absolute atomic E-state index is 0.122. The van der Waals surface area contributed by atoms with Crippen LogP contribution in [0.15, 0.2) is 18.2 Å². The number of nitro groups is 1. The summed E-state index contributed by atoms with van der Waals surface area (Å²) < 4.78 is 0. The Labute approximate surface area is 129 Å². The van der Waals surface area contributed by atoms with Crippen molar-refractivity contribution in [1.29, 1.82) is 0 Å². The molecule has 0 bridgehead atoms. The second kappa shape index (κ2) is 6.89. The van der Waals surface area contributed by atoms with Gasteiger partial charge in [-0.2, -0.15) is 0 Å². The zero-order chi connectivity index (χ0) is 15.4. The fraction of sp³-hybridized carbons (Fsp3) is 0.533. The van der Waals surface area contributed by atoms with E-state index in [1.165, 1.54) is 24.6 Å². The summed E-state index contributed by atoms with van der Waals surface area (Å²) in [4.78, 5) is 25.0. The Morgan fingerprint density at radius 1 is 1.38 bits per heavy atom. The Kier molecular flexibility index (Phi) is 5.17. The van der Waals surface area contributed by atoms with Crippen LogP contribution in [0, 0.1) is 10.1 Å². The highest BCUT2D eigenvalue weighted by Gasteiger charge is 2.29. The van der Waals surface area contributed by atoms with Crippen molar-refractivity contribution in [2.75, 3.05) is 6.54 Å². The van der Waals surface area contributed by atoms with Crippen LogP contribution in [-0.4, -0.2) is 28.3 Å². The Balaban J connectivity index is 2.31. The van der Waals surface area contributed by atoms with Crippen LogP contribution in [-0.2, 0) is 0 Å². The van der Waals surface area contributed by atoms with Crippen molar-refractivity contribution in [3.8, 4) is 0 Å². The first-order valence-corrected chi connectivity index (χ1v) is 7.67. The molecular weight excluding hydrogens is 292 g/mol. The molecule has 1 fully saturated rings. The first-order valence-electron chi connectivity index (χ1n) is 7.29. The van der Waals surface area contributed by atoms with Gasteiger partial charge in [-0.05, 0) is 31.9 Å². The molecule has 21 heavy (non-hydrogen) atoms. The first kappa shape index (κ1) is 15.8. The van der Waals surface area contributed by atoms with Gasteiger partial charge in [0.25, 0.3) is 11.6 Å². The molecule has 2 rings (SSSR count). The summed E-state index contributed by atoms with van der Waals surface area (Å²) in [6.45, 7) is 2.47. The van der Waals surface area contributed by atoms with Gasteiger partial charge < -0.3 is 4.90 Å². The molecule has 6 heteroatoms. The monoisotopic (exact) mass is 310 g/mol. The van der Waals surface area contributed by atoms with Crippen molar-refractivity contribution < 1.29 is 9.72 Å². The molecule has 0 N–H and O–H groups in total. The van der Waals surface area contributed by atoms with Gasteiger partial charge in [0, 0.05) is 23.7 Å². The number of amides is 1. The summed E-state index contributed by atoms with van der Waals surface area (Å²) in [7, 11) is 0. The fourth-order valence-electron chi connectivity index (χ4n) is 2.95.